The van der Waals surface area contributed by atoms with Gasteiger partial charge >= 0.3 is 0 Å². The standard InChI is InChI=1S/C14H18N2/c1-10-5-7-15-14(10)12-3-4-13-11(9-12)6-8-16(13)2/h3-4,6,8-10,14-15H,5,7H2,1-2H3/t10-,14-/m1/s1. The van der Waals surface area contributed by atoms with Crippen LogP contribution in [0, 0.1) is 5.92 Å². The van der Waals surface area contributed by atoms with E-state index in [9.17, 15) is 0 Å². The lowest BCUT2D eigenvalue weighted by Gasteiger charge is -2.16. The molecule has 16 heavy (non-hydrogen) atoms. The van der Waals surface area contributed by atoms with Crippen LogP contribution in [-0.4, -0.2) is 11.1 Å². The number of aryl methyl sites for hydroxylation is 1. The van der Waals surface area contributed by atoms with Crippen molar-refractivity contribution in [2.75, 3.05) is 6.54 Å². The van der Waals surface area contributed by atoms with Crippen molar-refractivity contribution >= 4 is 10.9 Å². The third-order valence-electron chi connectivity index (χ3n) is 3.80. The quantitative estimate of drug-likeness (QED) is 0.772. The van der Waals surface area contributed by atoms with Crippen LogP contribution >= 0.6 is 0 Å². The predicted molar refractivity (Wildman–Crippen MR) is 67.4 cm³/mol. The summed E-state index contributed by atoms with van der Waals surface area (Å²) in [6.07, 6.45) is 3.41. The maximum atomic E-state index is 3.59. The molecule has 84 valence electrons. The summed E-state index contributed by atoms with van der Waals surface area (Å²) in [4.78, 5) is 0. The Morgan fingerprint density at radius 2 is 2.19 bits per heavy atom. The van der Waals surface area contributed by atoms with Gasteiger partial charge in [0.2, 0.25) is 0 Å². The number of aromatic nitrogens is 1. The van der Waals surface area contributed by atoms with Gasteiger partial charge in [-0.3, -0.25) is 0 Å². The number of nitrogens with zero attached hydrogens (tertiary/aromatic N) is 1. The second-order valence-electron chi connectivity index (χ2n) is 4.94. The topological polar surface area (TPSA) is 17.0 Å². The summed E-state index contributed by atoms with van der Waals surface area (Å²) in [6.45, 7) is 3.48. The van der Waals surface area contributed by atoms with Crippen molar-refractivity contribution in [3.05, 3.63) is 36.0 Å². The van der Waals surface area contributed by atoms with E-state index in [2.05, 4.69) is 54.3 Å². The number of fused-ring (bicyclic) bond motifs is 1. The Kier molecular flexibility index (Phi) is 2.25. The van der Waals surface area contributed by atoms with Gasteiger partial charge in [-0.05, 0) is 48.0 Å². The van der Waals surface area contributed by atoms with Gasteiger partial charge in [-0.25, -0.2) is 0 Å². The predicted octanol–water partition coefficient (Wildman–Crippen LogP) is 2.85. The van der Waals surface area contributed by atoms with E-state index in [1.807, 2.05) is 0 Å². The molecule has 1 aliphatic heterocycles. The Bertz CT molecular complexity index is 512. The van der Waals surface area contributed by atoms with Gasteiger partial charge in [-0.15, -0.1) is 0 Å². The fraction of sp³-hybridized carbons (Fsp3) is 0.429. The molecule has 1 saturated heterocycles. The average Bonchev–Trinajstić information content (AvgIpc) is 2.86. The summed E-state index contributed by atoms with van der Waals surface area (Å²) >= 11 is 0. The Balaban J connectivity index is 2.04. The van der Waals surface area contributed by atoms with Gasteiger partial charge in [-0.1, -0.05) is 13.0 Å². The zero-order valence-electron chi connectivity index (χ0n) is 9.90. The average molecular weight is 214 g/mol. The van der Waals surface area contributed by atoms with Gasteiger partial charge in [0.25, 0.3) is 0 Å². The van der Waals surface area contributed by atoms with Crippen LogP contribution in [0.4, 0.5) is 0 Å². The molecule has 0 saturated carbocycles. The monoisotopic (exact) mass is 214 g/mol. The summed E-state index contributed by atoms with van der Waals surface area (Å²) in [6, 6.07) is 9.57. The van der Waals surface area contributed by atoms with Crippen LogP contribution in [0.3, 0.4) is 0 Å². The van der Waals surface area contributed by atoms with E-state index in [4.69, 9.17) is 0 Å². The third-order valence-corrected chi connectivity index (χ3v) is 3.80. The molecule has 1 aliphatic rings. The van der Waals surface area contributed by atoms with Gasteiger partial charge < -0.3 is 9.88 Å². The van der Waals surface area contributed by atoms with Crippen molar-refractivity contribution in [2.45, 2.75) is 19.4 Å². The molecule has 1 N–H and O–H groups in total. The van der Waals surface area contributed by atoms with Crippen molar-refractivity contribution in [3.8, 4) is 0 Å². The number of hydrogen-bond acceptors (Lipinski definition) is 1. The third kappa shape index (κ3) is 1.45. The molecule has 0 amide bonds. The van der Waals surface area contributed by atoms with Crippen LogP contribution in [0.1, 0.15) is 24.9 Å². The molecule has 0 aliphatic carbocycles. The Hall–Kier alpha value is -1.28. The van der Waals surface area contributed by atoms with E-state index < -0.39 is 0 Å². The summed E-state index contributed by atoms with van der Waals surface area (Å²) in [5.74, 6) is 0.751. The van der Waals surface area contributed by atoms with Gasteiger partial charge in [-0.2, -0.15) is 0 Å². The molecular weight excluding hydrogens is 196 g/mol. The number of rotatable bonds is 1. The van der Waals surface area contributed by atoms with Crippen LogP contribution in [-0.2, 0) is 7.05 Å². The summed E-state index contributed by atoms with van der Waals surface area (Å²) in [5, 5.41) is 4.94. The van der Waals surface area contributed by atoms with Gasteiger partial charge in [0.05, 0.1) is 0 Å². The zero-order chi connectivity index (χ0) is 11.1. The lowest BCUT2D eigenvalue weighted by Crippen LogP contribution is -2.16. The highest BCUT2D eigenvalue weighted by Crippen LogP contribution is 2.30. The van der Waals surface area contributed by atoms with Crippen LogP contribution < -0.4 is 5.32 Å². The number of benzene rings is 1. The molecular formula is C14H18N2. The highest BCUT2D eigenvalue weighted by Gasteiger charge is 2.24. The normalized spacial score (nSPS) is 25.4. The Labute approximate surface area is 96.3 Å². The van der Waals surface area contributed by atoms with Crippen molar-refractivity contribution in [2.24, 2.45) is 13.0 Å². The molecule has 0 radical (unpaired) electrons. The SMILES string of the molecule is C[C@@H]1CCN[C@H]1c1ccc2c(ccn2C)c1. The van der Waals surface area contributed by atoms with Gasteiger partial charge in [0.1, 0.15) is 0 Å². The molecule has 1 fully saturated rings. The van der Waals surface area contributed by atoms with E-state index in [0.717, 1.165) is 12.5 Å². The van der Waals surface area contributed by atoms with Crippen LogP contribution in [0.2, 0.25) is 0 Å². The summed E-state index contributed by atoms with van der Waals surface area (Å²) in [5.41, 5.74) is 2.75. The molecule has 3 rings (SSSR count). The second kappa shape index (κ2) is 3.63. The Morgan fingerprint density at radius 1 is 1.31 bits per heavy atom. The minimum Gasteiger partial charge on any atom is -0.351 e. The Morgan fingerprint density at radius 3 is 2.94 bits per heavy atom. The lowest BCUT2D eigenvalue weighted by atomic mass is 9.95. The minimum atomic E-state index is 0.546. The maximum absolute atomic E-state index is 3.59. The summed E-state index contributed by atoms with van der Waals surface area (Å²) < 4.78 is 2.17. The fourth-order valence-electron chi connectivity index (χ4n) is 2.77. The molecule has 0 bridgehead atoms. The van der Waals surface area contributed by atoms with Gasteiger partial charge in [0.15, 0.2) is 0 Å². The fourth-order valence-corrected chi connectivity index (χ4v) is 2.77. The highest BCUT2D eigenvalue weighted by atomic mass is 15.0. The van der Waals surface area contributed by atoms with Crippen LogP contribution in [0.15, 0.2) is 30.5 Å². The van der Waals surface area contributed by atoms with Crippen molar-refractivity contribution < 1.29 is 0 Å². The smallest absolute Gasteiger partial charge is 0.0477 e. The molecule has 1 aromatic heterocycles. The van der Waals surface area contributed by atoms with E-state index in [1.165, 1.54) is 22.9 Å². The molecule has 0 spiro atoms. The highest BCUT2D eigenvalue weighted by molar-refractivity contribution is 5.80. The first-order valence-electron chi connectivity index (χ1n) is 6.04. The van der Waals surface area contributed by atoms with Gasteiger partial charge in [0, 0.05) is 24.8 Å². The number of hydrogen-bond donors (Lipinski definition) is 1. The van der Waals surface area contributed by atoms with E-state index in [1.54, 1.807) is 0 Å². The minimum absolute atomic E-state index is 0.546. The van der Waals surface area contributed by atoms with E-state index in [0.29, 0.717) is 6.04 Å². The van der Waals surface area contributed by atoms with E-state index in [-0.39, 0.29) is 0 Å². The van der Waals surface area contributed by atoms with E-state index >= 15 is 0 Å². The van der Waals surface area contributed by atoms with Crippen molar-refractivity contribution in [1.82, 2.24) is 9.88 Å². The first kappa shape index (κ1) is 9.91. The van der Waals surface area contributed by atoms with Crippen molar-refractivity contribution in [3.63, 3.8) is 0 Å². The summed E-state index contributed by atoms with van der Waals surface area (Å²) in [7, 11) is 2.10. The lowest BCUT2D eigenvalue weighted by molar-refractivity contribution is 0.504. The second-order valence-corrected chi connectivity index (χ2v) is 4.94. The molecule has 1 aromatic carbocycles. The van der Waals surface area contributed by atoms with Crippen LogP contribution in [0.25, 0.3) is 10.9 Å². The molecule has 2 aromatic rings. The first-order chi connectivity index (χ1) is 7.75. The van der Waals surface area contributed by atoms with Crippen molar-refractivity contribution in [1.29, 1.82) is 0 Å². The van der Waals surface area contributed by atoms with Crippen LogP contribution in [0.5, 0.6) is 0 Å². The maximum Gasteiger partial charge on any atom is 0.0477 e. The number of nitrogens with one attached hydrogen (secondary N) is 1. The first-order valence-corrected chi connectivity index (χ1v) is 6.04. The molecule has 2 heteroatoms. The largest absolute Gasteiger partial charge is 0.351 e. The molecule has 2 atom stereocenters. The molecule has 0 unspecified atom stereocenters. The molecule has 2 heterocycles. The zero-order valence-corrected chi connectivity index (χ0v) is 9.90. The molecule has 2 nitrogen and oxygen atoms in total.